The minimum absolute atomic E-state index is 0.404. The minimum Gasteiger partial charge on any atom is -0.249 e. The highest BCUT2D eigenvalue weighted by molar-refractivity contribution is 7.93. The van der Waals surface area contributed by atoms with Crippen molar-refractivity contribution in [1.29, 1.82) is 0 Å². The van der Waals surface area contributed by atoms with Crippen LogP contribution >= 0.6 is 0 Å². The number of fused-ring (bicyclic) bond motifs is 2. The SMILES string of the molecule is Cc1cc(C)c(S(=O)(=O)N2CCc3cc4cc(C)ccc4nc32)c(C)c1. The van der Waals surface area contributed by atoms with Gasteiger partial charge in [0, 0.05) is 11.9 Å². The van der Waals surface area contributed by atoms with Gasteiger partial charge in [-0.15, -0.1) is 0 Å². The van der Waals surface area contributed by atoms with Crippen molar-refractivity contribution in [3.05, 3.63) is 64.2 Å². The molecule has 0 bridgehead atoms. The van der Waals surface area contributed by atoms with Gasteiger partial charge in [-0.3, -0.25) is 0 Å². The number of nitrogens with zero attached hydrogens (tertiary/aromatic N) is 2. The zero-order valence-electron chi connectivity index (χ0n) is 15.5. The van der Waals surface area contributed by atoms with E-state index in [0.717, 1.165) is 33.2 Å². The molecule has 0 amide bonds. The van der Waals surface area contributed by atoms with Gasteiger partial charge in [-0.1, -0.05) is 29.3 Å². The summed E-state index contributed by atoms with van der Waals surface area (Å²) in [5.74, 6) is 0.570. The Morgan fingerprint density at radius 2 is 1.62 bits per heavy atom. The summed E-state index contributed by atoms with van der Waals surface area (Å²) in [6.45, 7) is 8.19. The summed E-state index contributed by atoms with van der Waals surface area (Å²) in [5.41, 5.74) is 5.63. The topological polar surface area (TPSA) is 50.3 Å². The largest absolute Gasteiger partial charge is 0.266 e. The zero-order valence-corrected chi connectivity index (χ0v) is 16.3. The van der Waals surface area contributed by atoms with E-state index < -0.39 is 10.0 Å². The van der Waals surface area contributed by atoms with Gasteiger partial charge in [-0.2, -0.15) is 0 Å². The summed E-state index contributed by atoms with van der Waals surface area (Å²) in [4.78, 5) is 5.10. The fourth-order valence-electron chi connectivity index (χ4n) is 3.98. The maximum absolute atomic E-state index is 13.4. The number of pyridine rings is 1. The van der Waals surface area contributed by atoms with Crippen molar-refractivity contribution < 1.29 is 8.42 Å². The maximum atomic E-state index is 13.4. The van der Waals surface area contributed by atoms with E-state index in [9.17, 15) is 8.42 Å². The Hall–Kier alpha value is -2.40. The highest BCUT2D eigenvalue weighted by Gasteiger charge is 2.34. The summed E-state index contributed by atoms with van der Waals surface area (Å²) >= 11 is 0. The van der Waals surface area contributed by atoms with Gasteiger partial charge in [0.05, 0.1) is 10.4 Å². The Bertz CT molecular complexity index is 1130. The second-order valence-electron chi connectivity index (χ2n) is 7.22. The van der Waals surface area contributed by atoms with Crippen molar-refractivity contribution >= 4 is 26.7 Å². The summed E-state index contributed by atoms with van der Waals surface area (Å²) in [6, 6.07) is 12.0. The van der Waals surface area contributed by atoms with Crippen LogP contribution in [-0.2, 0) is 16.4 Å². The third-order valence-electron chi connectivity index (χ3n) is 5.00. The molecule has 0 radical (unpaired) electrons. The molecule has 0 atom stereocenters. The van der Waals surface area contributed by atoms with Gasteiger partial charge >= 0.3 is 0 Å². The van der Waals surface area contributed by atoms with Gasteiger partial charge in [0.1, 0.15) is 5.82 Å². The molecule has 1 aromatic heterocycles. The van der Waals surface area contributed by atoms with Crippen LogP contribution in [0.2, 0.25) is 0 Å². The van der Waals surface area contributed by atoms with Gasteiger partial charge in [0.15, 0.2) is 0 Å². The van der Waals surface area contributed by atoms with Gasteiger partial charge in [0.2, 0.25) is 0 Å². The van der Waals surface area contributed by atoms with Crippen molar-refractivity contribution in [1.82, 2.24) is 4.98 Å². The molecule has 2 aromatic carbocycles. The molecule has 0 fully saturated rings. The first kappa shape index (κ1) is 17.0. The monoisotopic (exact) mass is 366 g/mol. The molecule has 0 N–H and O–H groups in total. The molecule has 0 saturated heterocycles. The van der Waals surface area contributed by atoms with Gasteiger partial charge in [-0.05, 0) is 69.0 Å². The Labute approximate surface area is 154 Å². The quantitative estimate of drug-likeness (QED) is 0.682. The van der Waals surface area contributed by atoms with Crippen LogP contribution in [0.25, 0.3) is 10.9 Å². The molecule has 1 aliphatic rings. The second kappa shape index (κ2) is 5.81. The molecule has 5 heteroatoms. The van der Waals surface area contributed by atoms with Gasteiger partial charge < -0.3 is 0 Å². The Morgan fingerprint density at radius 1 is 0.923 bits per heavy atom. The number of benzene rings is 2. The van der Waals surface area contributed by atoms with Crippen molar-refractivity contribution in [3.63, 3.8) is 0 Å². The predicted molar refractivity (Wildman–Crippen MR) is 105 cm³/mol. The molecule has 4 nitrogen and oxygen atoms in total. The predicted octanol–water partition coefficient (Wildman–Crippen LogP) is 4.22. The normalized spacial score (nSPS) is 14.1. The lowest BCUT2D eigenvalue weighted by molar-refractivity contribution is 0.590. The molecule has 0 saturated carbocycles. The lowest BCUT2D eigenvalue weighted by Gasteiger charge is -2.22. The molecule has 134 valence electrons. The first-order chi connectivity index (χ1) is 12.3. The summed E-state index contributed by atoms with van der Waals surface area (Å²) < 4.78 is 28.3. The first-order valence-electron chi connectivity index (χ1n) is 8.78. The Balaban J connectivity index is 1.88. The van der Waals surface area contributed by atoms with Crippen molar-refractivity contribution in [2.75, 3.05) is 10.8 Å². The molecule has 3 aromatic rings. The van der Waals surface area contributed by atoms with E-state index in [2.05, 4.69) is 12.1 Å². The number of anilines is 1. The average molecular weight is 366 g/mol. The number of hydrogen-bond donors (Lipinski definition) is 0. The van der Waals surface area contributed by atoms with E-state index in [-0.39, 0.29) is 0 Å². The number of hydrogen-bond acceptors (Lipinski definition) is 3. The van der Waals surface area contributed by atoms with Crippen molar-refractivity contribution in [3.8, 4) is 0 Å². The lowest BCUT2D eigenvalue weighted by Crippen LogP contribution is -2.31. The van der Waals surface area contributed by atoms with Crippen LogP contribution in [0.3, 0.4) is 0 Å². The standard InChI is InChI=1S/C21H22N2O2S/c1-13-5-6-19-18(11-13)12-17-7-8-23(21(17)22-19)26(24,25)20-15(3)9-14(2)10-16(20)4/h5-6,9-12H,7-8H2,1-4H3. The van der Waals surface area contributed by atoms with E-state index in [1.807, 2.05) is 52.0 Å². The van der Waals surface area contributed by atoms with E-state index in [4.69, 9.17) is 4.98 Å². The van der Waals surface area contributed by atoms with Crippen LogP contribution < -0.4 is 4.31 Å². The zero-order chi connectivity index (χ0) is 18.6. The van der Waals surface area contributed by atoms with E-state index in [1.54, 1.807) is 0 Å². The van der Waals surface area contributed by atoms with Gasteiger partial charge in [-0.25, -0.2) is 17.7 Å². The van der Waals surface area contributed by atoms with Crippen LogP contribution in [0, 0.1) is 27.7 Å². The molecule has 0 unspecified atom stereocenters. The van der Waals surface area contributed by atoms with Crippen LogP contribution in [0.4, 0.5) is 5.82 Å². The van der Waals surface area contributed by atoms with Crippen LogP contribution in [-0.4, -0.2) is 19.9 Å². The smallest absolute Gasteiger partial charge is 0.249 e. The molecule has 1 aliphatic heterocycles. The summed E-state index contributed by atoms with van der Waals surface area (Å²) in [7, 11) is -3.64. The highest BCUT2D eigenvalue weighted by Crippen LogP contribution is 2.35. The number of sulfonamides is 1. The molecule has 26 heavy (non-hydrogen) atoms. The molecular weight excluding hydrogens is 344 g/mol. The number of aromatic nitrogens is 1. The minimum atomic E-state index is -3.64. The molecule has 2 heterocycles. The Morgan fingerprint density at radius 3 is 2.31 bits per heavy atom. The third-order valence-corrected chi connectivity index (χ3v) is 7.10. The highest BCUT2D eigenvalue weighted by atomic mass is 32.2. The fraction of sp³-hybridized carbons (Fsp3) is 0.286. The molecular formula is C21H22N2O2S. The lowest BCUT2D eigenvalue weighted by atomic mass is 10.1. The first-order valence-corrected chi connectivity index (χ1v) is 10.2. The maximum Gasteiger partial charge on any atom is 0.266 e. The molecule has 4 rings (SSSR count). The van der Waals surface area contributed by atoms with Crippen molar-refractivity contribution in [2.45, 2.75) is 39.0 Å². The van der Waals surface area contributed by atoms with Crippen molar-refractivity contribution in [2.24, 2.45) is 0 Å². The summed E-state index contributed by atoms with van der Waals surface area (Å²) in [5, 5.41) is 1.06. The number of aryl methyl sites for hydroxylation is 4. The second-order valence-corrected chi connectivity index (χ2v) is 9.02. The number of rotatable bonds is 2. The summed E-state index contributed by atoms with van der Waals surface area (Å²) in [6.07, 6.45) is 0.690. The third kappa shape index (κ3) is 2.58. The van der Waals surface area contributed by atoms with Gasteiger partial charge in [0.25, 0.3) is 10.0 Å². The van der Waals surface area contributed by atoms with Crippen LogP contribution in [0.15, 0.2) is 41.3 Å². The molecule has 0 aliphatic carbocycles. The Kier molecular flexibility index (Phi) is 3.81. The van der Waals surface area contributed by atoms with E-state index >= 15 is 0 Å². The fourth-order valence-corrected chi connectivity index (χ4v) is 5.84. The molecule has 0 spiro atoms. The van der Waals surface area contributed by atoms with E-state index in [0.29, 0.717) is 23.7 Å². The van der Waals surface area contributed by atoms with E-state index in [1.165, 1.54) is 9.87 Å². The van der Waals surface area contributed by atoms with Crippen LogP contribution in [0.5, 0.6) is 0 Å². The van der Waals surface area contributed by atoms with Crippen LogP contribution in [0.1, 0.15) is 27.8 Å². The average Bonchev–Trinajstić information content (AvgIpc) is 2.94.